The molecule has 104 valence electrons. The van der Waals surface area contributed by atoms with E-state index in [-0.39, 0.29) is 18.2 Å². The van der Waals surface area contributed by atoms with Gasteiger partial charge in [-0.15, -0.1) is 0 Å². The molecule has 0 aliphatic rings. The molecular weight excluding hydrogens is 242 g/mol. The molecule has 4 nitrogen and oxygen atoms in total. The van der Waals surface area contributed by atoms with Gasteiger partial charge in [0.1, 0.15) is 0 Å². The molecule has 1 aromatic rings. The Labute approximate surface area is 114 Å². The summed E-state index contributed by atoms with van der Waals surface area (Å²) in [4.78, 5) is 24.5. The third kappa shape index (κ3) is 5.55. The smallest absolute Gasteiger partial charge is 0.303 e. The maximum absolute atomic E-state index is 12.2. The number of hydrogen-bond donors (Lipinski definition) is 1. The summed E-state index contributed by atoms with van der Waals surface area (Å²) in [5.74, 6) is -0.492. The molecule has 4 heteroatoms. The van der Waals surface area contributed by atoms with Gasteiger partial charge < -0.3 is 10.0 Å². The average molecular weight is 263 g/mol. The quantitative estimate of drug-likeness (QED) is 0.822. The van der Waals surface area contributed by atoms with Gasteiger partial charge in [0.05, 0.1) is 0 Å². The SMILES string of the molecule is CC(C)CC(=O)N(CCCC(=O)O)c1ccccc1. The van der Waals surface area contributed by atoms with Gasteiger partial charge in [-0.2, -0.15) is 0 Å². The first kappa shape index (κ1) is 15.2. The molecule has 0 unspecified atom stereocenters. The highest BCUT2D eigenvalue weighted by Gasteiger charge is 2.16. The Hall–Kier alpha value is -1.84. The van der Waals surface area contributed by atoms with Crippen LogP contribution in [0.5, 0.6) is 0 Å². The molecule has 19 heavy (non-hydrogen) atoms. The predicted molar refractivity (Wildman–Crippen MR) is 75.1 cm³/mol. The van der Waals surface area contributed by atoms with Crippen molar-refractivity contribution in [3.8, 4) is 0 Å². The zero-order valence-electron chi connectivity index (χ0n) is 11.5. The Morgan fingerprint density at radius 2 is 1.84 bits per heavy atom. The topological polar surface area (TPSA) is 57.6 Å². The van der Waals surface area contributed by atoms with Crippen molar-refractivity contribution in [2.45, 2.75) is 33.1 Å². The van der Waals surface area contributed by atoms with Crippen molar-refractivity contribution in [3.63, 3.8) is 0 Å². The zero-order chi connectivity index (χ0) is 14.3. The summed E-state index contributed by atoms with van der Waals surface area (Å²) >= 11 is 0. The number of benzene rings is 1. The Morgan fingerprint density at radius 1 is 1.21 bits per heavy atom. The van der Waals surface area contributed by atoms with E-state index in [2.05, 4.69) is 0 Å². The van der Waals surface area contributed by atoms with E-state index in [1.807, 2.05) is 44.2 Å². The van der Waals surface area contributed by atoms with Crippen LogP contribution < -0.4 is 4.90 Å². The second kappa shape index (κ2) is 7.56. The number of para-hydroxylation sites is 1. The summed E-state index contributed by atoms with van der Waals surface area (Å²) in [5.41, 5.74) is 0.832. The van der Waals surface area contributed by atoms with Gasteiger partial charge in [0, 0.05) is 25.1 Å². The van der Waals surface area contributed by atoms with Crippen LogP contribution >= 0.6 is 0 Å². The maximum Gasteiger partial charge on any atom is 0.303 e. The van der Waals surface area contributed by atoms with Crippen LogP contribution in [0.1, 0.15) is 33.1 Å². The number of carboxylic acid groups (broad SMARTS) is 1. The number of hydrogen-bond acceptors (Lipinski definition) is 2. The first-order valence-electron chi connectivity index (χ1n) is 6.58. The van der Waals surface area contributed by atoms with Crippen LogP contribution in [0.2, 0.25) is 0 Å². The van der Waals surface area contributed by atoms with Crippen molar-refractivity contribution in [2.24, 2.45) is 5.92 Å². The van der Waals surface area contributed by atoms with E-state index in [0.717, 1.165) is 5.69 Å². The van der Waals surface area contributed by atoms with E-state index in [9.17, 15) is 9.59 Å². The van der Waals surface area contributed by atoms with E-state index in [1.165, 1.54) is 0 Å². The summed E-state index contributed by atoms with van der Waals surface area (Å²) in [6, 6.07) is 9.40. The van der Waals surface area contributed by atoms with Gasteiger partial charge in [0.15, 0.2) is 0 Å². The molecule has 1 amide bonds. The van der Waals surface area contributed by atoms with Crippen molar-refractivity contribution in [3.05, 3.63) is 30.3 Å². The number of aliphatic carboxylic acids is 1. The van der Waals surface area contributed by atoms with Crippen LogP contribution in [0, 0.1) is 5.92 Å². The summed E-state index contributed by atoms with van der Waals surface area (Å²) in [7, 11) is 0. The van der Waals surface area contributed by atoms with E-state index >= 15 is 0 Å². The van der Waals surface area contributed by atoms with Gasteiger partial charge in [-0.05, 0) is 24.5 Å². The fraction of sp³-hybridized carbons (Fsp3) is 0.467. The summed E-state index contributed by atoms with van der Waals surface area (Å²) < 4.78 is 0. The standard InChI is InChI=1S/C15H21NO3/c1-12(2)11-14(17)16(10-6-9-15(18)19)13-7-4-3-5-8-13/h3-5,7-8,12H,6,9-11H2,1-2H3,(H,18,19). The van der Waals surface area contributed by atoms with E-state index in [1.54, 1.807) is 4.90 Å². The average Bonchev–Trinajstić information content (AvgIpc) is 2.34. The van der Waals surface area contributed by atoms with Gasteiger partial charge in [0.2, 0.25) is 5.91 Å². The van der Waals surface area contributed by atoms with Crippen LogP contribution in [0.4, 0.5) is 5.69 Å². The lowest BCUT2D eigenvalue weighted by Crippen LogP contribution is -2.32. The molecule has 0 aliphatic heterocycles. The molecule has 0 bridgehead atoms. The Kier molecular flexibility index (Phi) is 6.06. The number of carbonyl (C=O) groups is 2. The van der Waals surface area contributed by atoms with Crippen molar-refractivity contribution >= 4 is 17.6 Å². The molecule has 0 aromatic heterocycles. The first-order valence-corrected chi connectivity index (χ1v) is 6.58. The van der Waals surface area contributed by atoms with Crippen molar-refractivity contribution < 1.29 is 14.7 Å². The molecule has 0 aliphatic carbocycles. The fourth-order valence-corrected chi connectivity index (χ4v) is 1.85. The molecule has 0 spiro atoms. The molecule has 0 saturated heterocycles. The van der Waals surface area contributed by atoms with Gasteiger partial charge in [0.25, 0.3) is 0 Å². The lowest BCUT2D eigenvalue weighted by molar-refractivity contribution is -0.137. The van der Waals surface area contributed by atoms with Crippen LogP contribution in [0.15, 0.2) is 30.3 Å². The van der Waals surface area contributed by atoms with E-state index in [0.29, 0.717) is 19.4 Å². The number of amides is 1. The molecule has 0 radical (unpaired) electrons. The van der Waals surface area contributed by atoms with Crippen LogP contribution in [-0.4, -0.2) is 23.5 Å². The highest BCUT2D eigenvalue weighted by molar-refractivity contribution is 5.93. The minimum absolute atomic E-state index is 0.0478. The Morgan fingerprint density at radius 3 is 2.37 bits per heavy atom. The molecule has 1 N–H and O–H groups in total. The van der Waals surface area contributed by atoms with E-state index < -0.39 is 5.97 Å². The van der Waals surface area contributed by atoms with Crippen LogP contribution in [0.25, 0.3) is 0 Å². The predicted octanol–water partition coefficient (Wildman–Crippen LogP) is 2.93. The lowest BCUT2D eigenvalue weighted by Gasteiger charge is -2.23. The summed E-state index contributed by atoms with van der Waals surface area (Å²) in [5, 5.41) is 8.68. The zero-order valence-corrected chi connectivity index (χ0v) is 11.5. The van der Waals surface area contributed by atoms with Crippen LogP contribution in [0.3, 0.4) is 0 Å². The fourth-order valence-electron chi connectivity index (χ4n) is 1.85. The van der Waals surface area contributed by atoms with Gasteiger partial charge >= 0.3 is 5.97 Å². The van der Waals surface area contributed by atoms with Gasteiger partial charge in [-0.3, -0.25) is 9.59 Å². The van der Waals surface area contributed by atoms with Gasteiger partial charge in [-0.1, -0.05) is 32.0 Å². The molecular formula is C15H21NO3. The summed E-state index contributed by atoms with van der Waals surface area (Å²) in [6.45, 7) is 4.44. The Bertz CT molecular complexity index is 415. The third-order valence-electron chi connectivity index (χ3n) is 2.72. The minimum Gasteiger partial charge on any atom is -0.481 e. The number of carboxylic acids is 1. The maximum atomic E-state index is 12.2. The monoisotopic (exact) mass is 263 g/mol. The largest absolute Gasteiger partial charge is 0.481 e. The summed E-state index contributed by atoms with van der Waals surface area (Å²) in [6.07, 6.45) is 1.02. The molecule has 1 aromatic carbocycles. The minimum atomic E-state index is -0.829. The first-order chi connectivity index (χ1) is 9.00. The van der Waals surface area contributed by atoms with Crippen molar-refractivity contribution in [1.29, 1.82) is 0 Å². The van der Waals surface area contributed by atoms with E-state index in [4.69, 9.17) is 5.11 Å². The number of rotatable bonds is 7. The normalized spacial score (nSPS) is 10.5. The second-order valence-corrected chi connectivity index (χ2v) is 4.98. The highest BCUT2D eigenvalue weighted by atomic mass is 16.4. The number of carbonyl (C=O) groups excluding carboxylic acids is 1. The number of anilines is 1. The van der Waals surface area contributed by atoms with Gasteiger partial charge in [-0.25, -0.2) is 0 Å². The number of nitrogens with zero attached hydrogens (tertiary/aromatic N) is 1. The molecule has 0 saturated carbocycles. The molecule has 0 heterocycles. The van der Waals surface area contributed by atoms with Crippen LogP contribution in [-0.2, 0) is 9.59 Å². The second-order valence-electron chi connectivity index (χ2n) is 4.98. The van der Waals surface area contributed by atoms with Crippen molar-refractivity contribution in [1.82, 2.24) is 0 Å². The molecule has 1 rings (SSSR count). The van der Waals surface area contributed by atoms with Crippen molar-refractivity contribution in [2.75, 3.05) is 11.4 Å². The molecule has 0 fully saturated rings. The lowest BCUT2D eigenvalue weighted by atomic mass is 10.1. The molecule has 0 atom stereocenters. The third-order valence-corrected chi connectivity index (χ3v) is 2.72. The highest BCUT2D eigenvalue weighted by Crippen LogP contribution is 2.17. The Balaban J connectivity index is 2.73.